The number of esters is 1. The normalized spacial score (nSPS) is 16.8. The molecule has 6 aromatic rings. The summed E-state index contributed by atoms with van der Waals surface area (Å²) >= 11 is 1.58. The minimum atomic E-state index is -0.431. The van der Waals surface area contributed by atoms with Crippen LogP contribution in [0.15, 0.2) is 67.1 Å². The fraction of sp³-hybridized carbons (Fsp3) is 0.308. The number of anilines is 1. The summed E-state index contributed by atoms with van der Waals surface area (Å²) in [6, 6.07) is 16.8. The third kappa shape index (κ3) is 6.34. The average molecular weight is 704 g/mol. The number of hydrogen-bond donors (Lipinski definition) is 3. The SMILES string of the molecule is CCOC(=O)c1c([C@@H]2CCCN2)nc(CCc2ccc(F)cc2)c(-c2nnc[nH]2)c1-c1cc2ccnc(N[C@@H]3CCc4c(OC)cccc43)c2s1. The van der Waals surface area contributed by atoms with Gasteiger partial charge in [0.15, 0.2) is 5.82 Å². The summed E-state index contributed by atoms with van der Waals surface area (Å²) in [6.07, 6.45) is 8.15. The van der Waals surface area contributed by atoms with Crippen molar-refractivity contribution in [3.8, 4) is 27.6 Å². The van der Waals surface area contributed by atoms with Gasteiger partial charge in [0.1, 0.15) is 23.7 Å². The van der Waals surface area contributed by atoms with Gasteiger partial charge >= 0.3 is 5.97 Å². The number of aromatic amines is 1. The van der Waals surface area contributed by atoms with Crippen LogP contribution in [0.25, 0.3) is 31.9 Å². The number of aryl methyl sites for hydroxylation is 2. The summed E-state index contributed by atoms with van der Waals surface area (Å²) in [5, 5.41) is 16.9. The van der Waals surface area contributed by atoms with E-state index >= 15 is 0 Å². The first-order chi connectivity index (χ1) is 25.0. The highest BCUT2D eigenvalue weighted by Gasteiger charge is 2.34. The molecule has 12 heteroatoms. The Hall–Kier alpha value is -5.20. The molecule has 0 spiro atoms. The van der Waals surface area contributed by atoms with Gasteiger partial charge in [-0.1, -0.05) is 24.3 Å². The first-order valence-electron chi connectivity index (χ1n) is 17.4. The van der Waals surface area contributed by atoms with E-state index in [1.165, 1.54) is 29.6 Å². The van der Waals surface area contributed by atoms with E-state index in [0.717, 1.165) is 70.0 Å². The summed E-state index contributed by atoms with van der Waals surface area (Å²) in [5.41, 5.74) is 6.71. The number of fused-ring (bicyclic) bond motifs is 2. The quantitative estimate of drug-likeness (QED) is 0.116. The van der Waals surface area contributed by atoms with E-state index in [1.54, 1.807) is 30.6 Å². The zero-order valence-corrected chi connectivity index (χ0v) is 29.3. The fourth-order valence-electron chi connectivity index (χ4n) is 7.48. The molecule has 2 aliphatic rings. The van der Waals surface area contributed by atoms with Crippen molar-refractivity contribution >= 4 is 33.2 Å². The monoisotopic (exact) mass is 703 g/mol. The summed E-state index contributed by atoms with van der Waals surface area (Å²) in [5.74, 6) is 1.49. The number of benzene rings is 2. The van der Waals surface area contributed by atoms with Crippen LogP contribution in [0.4, 0.5) is 10.2 Å². The lowest BCUT2D eigenvalue weighted by Gasteiger charge is -2.22. The van der Waals surface area contributed by atoms with Crippen molar-refractivity contribution in [1.82, 2.24) is 30.5 Å². The Bertz CT molecular complexity index is 2200. The number of carbonyl (C=O) groups is 1. The third-order valence-corrected chi connectivity index (χ3v) is 11.0. The van der Waals surface area contributed by atoms with Gasteiger partial charge in [-0.25, -0.2) is 14.2 Å². The maximum atomic E-state index is 14.1. The standard InChI is InChI=1S/C39H38FN7O3S/c1-3-50-39(48)34-33(31-20-23-17-19-42-38(36(23)51-31)46-27-16-14-26-25(27)6-4-8-30(26)49-2)32(37-43-21-44-47-37)28(45-35(34)29-7-5-18-41-29)15-11-22-9-12-24(40)13-10-22/h4,6,8-10,12-13,17,19-21,27,29,41H,3,5,7,11,14-16,18H2,1-2H3,(H,42,46)(H,43,44,47)/t27-,29+/m1/s1. The van der Waals surface area contributed by atoms with Crippen LogP contribution in [0.2, 0.25) is 0 Å². The number of nitrogens with zero attached hydrogens (tertiary/aromatic N) is 4. The average Bonchev–Trinajstić information content (AvgIpc) is 3.99. The van der Waals surface area contributed by atoms with Crippen LogP contribution in [0.1, 0.15) is 76.7 Å². The van der Waals surface area contributed by atoms with E-state index in [0.29, 0.717) is 41.1 Å². The molecule has 0 bridgehead atoms. The predicted octanol–water partition coefficient (Wildman–Crippen LogP) is 7.78. The van der Waals surface area contributed by atoms with Crippen molar-refractivity contribution in [3.63, 3.8) is 0 Å². The Kier molecular flexibility index (Phi) is 9.18. The zero-order chi connectivity index (χ0) is 34.9. The maximum Gasteiger partial charge on any atom is 0.340 e. The Balaban J connectivity index is 1.30. The predicted molar refractivity (Wildman–Crippen MR) is 196 cm³/mol. The third-order valence-electron chi connectivity index (χ3n) is 9.83. The number of methoxy groups -OCH3 is 1. The number of H-pyrrole nitrogens is 1. The molecule has 1 aliphatic heterocycles. The second kappa shape index (κ2) is 14.2. The number of aromatic nitrogens is 5. The molecule has 51 heavy (non-hydrogen) atoms. The molecule has 0 amide bonds. The van der Waals surface area contributed by atoms with Gasteiger partial charge in [-0.05, 0) is 104 Å². The van der Waals surface area contributed by atoms with E-state index in [-0.39, 0.29) is 24.5 Å². The Labute approximate surface area is 298 Å². The van der Waals surface area contributed by atoms with Gasteiger partial charge in [0.2, 0.25) is 0 Å². The van der Waals surface area contributed by atoms with Crippen molar-refractivity contribution < 1.29 is 18.7 Å². The van der Waals surface area contributed by atoms with Crippen molar-refractivity contribution in [1.29, 1.82) is 0 Å². The summed E-state index contributed by atoms with van der Waals surface area (Å²) in [6.45, 7) is 2.86. The maximum absolute atomic E-state index is 14.1. The molecule has 10 nitrogen and oxygen atoms in total. The van der Waals surface area contributed by atoms with E-state index < -0.39 is 5.97 Å². The molecule has 1 fully saturated rings. The van der Waals surface area contributed by atoms with Crippen LogP contribution in [-0.4, -0.2) is 51.4 Å². The van der Waals surface area contributed by atoms with Crippen molar-refractivity contribution in [2.24, 2.45) is 0 Å². The van der Waals surface area contributed by atoms with Crippen LogP contribution in [0, 0.1) is 5.82 Å². The molecule has 4 aromatic heterocycles. The minimum Gasteiger partial charge on any atom is -0.496 e. The first kappa shape index (κ1) is 33.0. The molecule has 2 aromatic carbocycles. The molecule has 0 radical (unpaired) electrons. The molecule has 260 valence electrons. The van der Waals surface area contributed by atoms with E-state index in [2.05, 4.69) is 37.9 Å². The van der Waals surface area contributed by atoms with Crippen molar-refractivity contribution in [2.75, 3.05) is 25.6 Å². The molecule has 2 atom stereocenters. The highest BCUT2D eigenvalue weighted by Crippen LogP contribution is 2.47. The smallest absolute Gasteiger partial charge is 0.340 e. The first-order valence-corrected chi connectivity index (χ1v) is 18.2. The van der Waals surface area contributed by atoms with E-state index in [1.807, 2.05) is 31.3 Å². The second-order valence-electron chi connectivity index (χ2n) is 12.9. The largest absolute Gasteiger partial charge is 0.496 e. The molecule has 0 unspecified atom stereocenters. The number of pyridine rings is 2. The number of rotatable bonds is 11. The molecule has 1 aliphatic carbocycles. The van der Waals surface area contributed by atoms with Crippen LogP contribution in [-0.2, 0) is 24.0 Å². The number of halogens is 1. The van der Waals surface area contributed by atoms with Gasteiger partial charge in [-0.15, -0.1) is 21.5 Å². The number of ether oxygens (including phenoxy) is 2. The molecule has 1 saturated heterocycles. The Morgan fingerprint density at radius 1 is 1.10 bits per heavy atom. The Morgan fingerprint density at radius 3 is 2.75 bits per heavy atom. The lowest BCUT2D eigenvalue weighted by Crippen LogP contribution is -2.22. The van der Waals surface area contributed by atoms with Gasteiger partial charge in [0, 0.05) is 16.6 Å². The van der Waals surface area contributed by atoms with Gasteiger partial charge in [-0.3, -0.25) is 4.98 Å². The van der Waals surface area contributed by atoms with E-state index in [9.17, 15) is 9.18 Å². The van der Waals surface area contributed by atoms with Gasteiger partial charge < -0.3 is 25.1 Å². The van der Waals surface area contributed by atoms with Crippen molar-refractivity contribution in [2.45, 2.75) is 57.5 Å². The van der Waals surface area contributed by atoms with Crippen LogP contribution >= 0.6 is 11.3 Å². The number of nitrogens with one attached hydrogen (secondary N) is 3. The molecule has 5 heterocycles. The summed E-state index contributed by atoms with van der Waals surface area (Å²) < 4.78 is 26.2. The van der Waals surface area contributed by atoms with Crippen molar-refractivity contribution in [3.05, 3.63) is 107 Å². The van der Waals surface area contributed by atoms with Crippen LogP contribution in [0.5, 0.6) is 5.75 Å². The number of hydrogen-bond acceptors (Lipinski definition) is 10. The Morgan fingerprint density at radius 2 is 1.98 bits per heavy atom. The second-order valence-corrected chi connectivity index (χ2v) is 13.9. The molecule has 3 N–H and O–H groups in total. The lowest BCUT2D eigenvalue weighted by molar-refractivity contribution is 0.0524. The highest BCUT2D eigenvalue weighted by atomic mass is 32.1. The minimum absolute atomic E-state index is 0.0811. The summed E-state index contributed by atoms with van der Waals surface area (Å²) in [7, 11) is 1.71. The van der Waals surface area contributed by atoms with Crippen LogP contribution in [0.3, 0.4) is 0 Å². The molecule has 8 rings (SSSR count). The van der Waals surface area contributed by atoms with Gasteiger partial charge in [0.05, 0.1) is 53.0 Å². The van der Waals surface area contributed by atoms with Gasteiger partial charge in [0.25, 0.3) is 0 Å². The number of carbonyl (C=O) groups excluding carboxylic acids is 1. The molecular weight excluding hydrogens is 666 g/mol. The molecular formula is C39H38FN7O3S. The van der Waals surface area contributed by atoms with E-state index in [4.69, 9.17) is 19.4 Å². The zero-order valence-electron chi connectivity index (χ0n) is 28.5. The van der Waals surface area contributed by atoms with Gasteiger partial charge in [-0.2, -0.15) is 0 Å². The van der Waals surface area contributed by atoms with Crippen LogP contribution < -0.4 is 15.4 Å². The summed E-state index contributed by atoms with van der Waals surface area (Å²) in [4.78, 5) is 28.3. The highest BCUT2D eigenvalue weighted by molar-refractivity contribution is 7.23. The fourth-order valence-corrected chi connectivity index (χ4v) is 8.64. The molecule has 0 saturated carbocycles. The lowest BCUT2D eigenvalue weighted by atomic mass is 9.91. The number of thiophene rings is 1. The topological polar surface area (TPSA) is 127 Å².